The maximum absolute atomic E-state index is 10.6. The van der Waals surface area contributed by atoms with Crippen molar-refractivity contribution in [1.82, 2.24) is 4.57 Å². The van der Waals surface area contributed by atoms with E-state index in [4.69, 9.17) is 15.3 Å². The van der Waals surface area contributed by atoms with Crippen LogP contribution in [0.3, 0.4) is 0 Å². The first-order chi connectivity index (χ1) is 14.7. The molecule has 1 N–H and O–H groups in total. The second-order valence-electron chi connectivity index (χ2n) is 6.96. The molecule has 146 valence electrons. The zero-order valence-electron chi connectivity index (χ0n) is 16.2. The summed E-state index contributed by atoms with van der Waals surface area (Å²) in [6.45, 7) is 0.570. The molecule has 0 aliphatic carbocycles. The van der Waals surface area contributed by atoms with Gasteiger partial charge in [-0.2, -0.15) is 10.5 Å². The molecular weight excluding hydrogens is 374 g/mol. The summed E-state index contributed by atoms with van der Waals surface area (Å²) in [5, 5.41) is 30.6. The van der Waals surface area contributed by atoms with Crippen LogP contribution in [0.2, 0.25) is 0 Å². The summed E-state index contributed by atoms with van der Waals surface area (Å²) < 4.78 is 7.86. The fourth-order valence-electron chi connectivity index (χ4n) is 3.57. The number of aromatic nitrogens is 1. The molecule has 0 saturated heterocycles. The molecule has 5 nitrogen and oxygen atoms in total. The van der Waals surface area contributed by atoms with E-state index in [0.717, 1.165) is 16.6 Å². The lowest BCUT2D eigenvalue weighted by molar-refractivity contribution is 0.0945. The molecule has 3 aromatic carbocycles. The lowest BCUT2D eigenvalue weighted by Gasteiger charge is -2.15. The van der Waals surface area contributed by atoms with Gasteiger partial charge in [0.25, 0.3) is 0 Å². The van der Waals surface area contributed by atoms with Gasteiger partial charge in [-0.15, -0.1) is 0 Å². The molecule has 0 fully saturated rings. The maximum Gasteiger partial charge on any atom is 0.130 e. The van der Waals surface area contributed by atoms with Gasteiger partial charge in [-0.3, -0.25) is 0 Å². The lowest BCUT2D eigenvalue weighted by atomic mass is 10.1. The van der Waals surface area contributed by atoms with E-state index in [-0.39, 0.29) is 12.2 Å². The Balaban J connectivity index is 1.47. The second-order valence-corrected chi connectivity index (χ2v) is 6.96. The van der Waals surface area contributed by atoms with Crippen molar-refractivity contribution in [3.05, 3.63) is 83.9 Å². The lowest BCUT2D eigenvalue weighted by Crippen LogP contribution is -2.23. The number of allylic oxidation sites excluding steroid dienone is 1. The zero-order chi connectivity index (χ0) is 20.9. The Morgan fingerprint density at radius 3 is 2.03 bits per heavy atom. The number of nitrogens with zero attached hydrogens (tertiary/aromatic N) is 3. The highest BCUT2D eigenvalue weighted by Gasteiger charge is 2.13. The Bertz CT molecular complexity index is 1240. The van der Waals surface area contributed by atoms with Crippen LogP contribution in [0, 0.1) is 22.7 Å². The standard InChI is InChI=1S/C25H19N3O2/c26-14-19(15-27)13-18-9-11-21(12-10-18)30-17-20(29)16-28-24-7-3-1-5-22(24)23-6-2-4-8-25(23)28/h1-13,20,29H,16-17H2. The van der Waals surface area contributed by atoms with E-state index < -0.39 is 6.10 Å². The summed E-state index contributed by atoms with van der Waals surface area (Å²) in [4.78, 5) is 0. The largest absolute Gasteiger partial charge is 0.491 e. The van der Waals surface area contributed by atoms with Crippen molar-refractivity contribution in [2.45, 2.75) is 12.6 Å². The molecule has 4 rings (SSSR count). The number of fused-ring (bicyclic) bond motifs is 3. The van der Waals surface area contributed by atoms with Crippen LogP contribution >= 0.6 is 0 Å². The van der Waals surface area contributed by atoms with E-state index in [0.29, 0.717) is 12.3 Å². The Kier molecular flexibility index (Phi) is 5.48. The predicted molar refractivity (Wildman–Crippen MR) is 117 cm³/mol. The third kappa shape index (κ3) is 3.89. The molecule has 1 heterocycles. The normalized spacial score (nSPS) is 11.6. The summed E-state index contributed by atoms with van der Waals surface area (Å²) in [5.74, 6) is 0.615. The number of hydrogen-bond acceptors (Lipinski definition) is 4. The molecule has 5 heteroatoms. The Morgan fingerprint density at radius 1 is 0.900 bits per heavy atom. The number of nitriles is 2. The minimum Gasteiger partial charge on any atom is -0.491 e. The molecule has 1 atom stereocenters. The highest BCUT2D eigenvalue weighted by Crippen LogP contribution is 2.29. The quantitative estimate of drug-likeness (QED) is 0.483. The van der Waals surface area contributed by atoms with Crippen molar-refractivity contribution in [2.24, 2.45) is 0 Å². The molecule has 30 heavy (non-hydrogen) atoms. The van der Waals surface area contributed by atoms with Crippen molar-refractivity contribution in [1.29, 1.82) is 10.5 Å². The minimum absolute atomic E-state index is 0.0465. The number of rotatable bonds is 6. The molecule has 0 bridgehead atoms. The average Bonchev–Trinajstić information content (AvgIpc) is 3.11. The number of aliphatic hydroxyl groups excluding tert-OH is 1. The van der Waals surface area contributed by atoms with Crippen LogP contribution in [0.15, 0.2) is 78.4 Å². The van der Waals surface area contributed by atoms with Gasteiger partial charge < -0.3 is 14.4 Å². The molecule has 0 spiro atoms. The van der Waals surface area contributed by atoms with Gasteiger partial charge in [0.15, 0.2) is 0 Å². The summed E-state index contributed by atoms with van der Waals surface area (Å²) in [7, 11) is 0. The van der Waals surface area contributed by atoms with Crippen molar-refractivity contribution < 1.29 is 9.84 Å². The number of para-hydroxylation sites is 2. The topological polar surface area (TPSA) is 82.0 Å². The fraction of sp³-hybridized carbons (Fsp3) is 0.120. The molecule has 1 aromatic heterocycles. The van der Waals surface area contributed by atoms with Crippen molar-refractivity contribution in [3.8, 4) is 17.9 Å². The van der Waals surface area contributed by atoms with Crippen LogP contribution in [0.5, 0.6) is 5.75 Å². The highest BCUT2D eigenvalue weighted by atomic mass is 16.5. The first-order valence-electron chi connectivity index (χ1n) is 9.58. The number of benzene rings is 3. The van der Waals surface area contributed by atoms with Gasteiger partial charge in [0.2, 0.25) is 0 Å². The van der Waals surface area contributed by atoms with E-state index in [1.54, 1.807) is 24.3 Å². The van der Waals surface area contributed by atoms with Crippen LogP contribution in [-0.4, -0.2) is 22.4 Å². The van der Waals surface area contributed by atoms with E-state index >= 15 is 0 Å². The first kappa shape index (κ1) is 19.3. The first-order valence-corrected chi connectivity index (χ1v) is 9.58. The summed E-state index contributed by atoms with van der Waals surface area (Å²) >= 11 is 0. The van der Waals surface area contributed by atoms with Gasteiger partial charge >= 0.3 is 0 Å². The van der Waals surface area contributed by atoms with Crippen LogP contribution in [-0.2, 0) is 6.54 Å². The van der Waals surface area contributed by atoms with Gasteiger partial charge in [-0.1, -0.05) is 48.5 Å². The second kappa shape index (κ2) is 8.53. The van der Waals surface area contributed by atoms with Crippen LogP contribution in [0.4, 0.5) is 0 Å². The molecule has 4 aromatic rings. The third-order valence-corrected chi connectivity index (χ3v) is 4.95. The van der Waals surface area contributed by atoms with E-state index in [1.165, 1.54) is 16.8 Å². The molecule has 0 amide bonds. The number of aliphatic hydroxyl groups is 1. The van der Waals surface area contributed by atoms with E-state index in [1.807, 2.05) is 36.4 Å². The van der Waals surface area contributed by atoms with Gasteiger partial charge in [0, 0.05) is 21.8 Å². The number of hydrogen-bond donors (Lipinski definition) is 1. The highest BCUT2D eigenvalue weighted by molar-refractivity contribution is 6.07. The van der Waals surface area contributed by atoms with Gasteiger partial charge in [-0.05, 0) is 35.9 Å². The summed E-state index contributed by atoms with van der Waals surface area (Å²) in [5.41, 5.74) is 2.95. The number of ether oxygens (including phenoxy) is 1. The Labute approximate surface area is 174 Å². The Hall–Kier alpha value is -4.06. The molecule has 0 saturated carbocycles. The maximum atomic E-state index is 10.6. The molecule has 1 unspecified atom stereocenters. The monoisotopic (exact) mass is 393 g/mol. The third-order valence-electron chi connectivity index (χ3n) is 4.95. The van der Waals surface area contributed by atoms with Crippen molar-refractivity contribution >= 4 is 27.9 Å². The van der Waals surface area contributed by atoms with Crippen molar-refractivity contribution in [3.63, 3.8) is 0 Å². The van der Waals surface area contributed by atoms with Crippen LogP contribution in [0.1, 0.15) is 5.56 Å². The molecule has 0 aliphatic heterocycles. The zero-order valence-corrected chi connectivity index (χ0v) is 16.2. The SMILES string of the molecule is N#CC(C#N)=Cc1ccc(OCC(O)Cn2c3ccccc3c3ccccc32)cc1. The van der Waals surface area contributed by atoms with E-state index in [2.05, 4.69) is 28.8 Å². The van der Waals surface area contributed by atoms with Crippen molar-refractivity contribution in [2.75, 3.05) is 6.61 Å². The average molecular weight is 393 g/mol. The van der Waals surface area contributed by atoms with Crippen LogP contribution < -0.4 is 4.74 Å². The van der Waals surface area contributed by atoms with Gasteiger partial charge in [0.05, 0.1) is 6.54 Å². The molecule has 0 radical (unpaired) electrons. The predicted octanol–water partition coefficient (Wildman–Crippen LogP) is 4.66. The fourth-order valence-corrected chi connectivity index (χ4v) is 3.57. The molecular formula is C25H19N3O2. The molecule has 0 aliphatic rings. The smallest absolute Gasteiger partial charge is 0.130 e. The van der Waals surface area contributed by atoms with E-state index in [9.17, 15) is 5.11 Å². The summed E-state index contributed by atoms with van der Waals surface area (Å²) in [6.07, 6.45) is 0.827. The summed E-state index contributed by atoms with van der Waals surface area (Å²) in [6, 6.07) is 27.1. The van der Waals surface area contributed by atoms with Gasteiger partial charge in [0.1, 0.15) is 36.2 Å². The van der Waals surface area contributed by atoms with Crippen LogP contribution in [0.25, 0.3) is 27.9 Å². The van der Waals surface area contributed by atoms with Gasteiger partial charge in [-0.25, -0.2) is 0 Å². The minimum atomic E-state index is -0.687. The Morgan fingerprint density at radius 2 is 1.47 bits per heavy atom.